The van der Waals surface area contributed by atoms with Crippen LogP contribution < -0.4 is 0 Å². The van der Waals surface area contributed by atoms with Crippen LogP contribution in [0.3, 0.4) is 0 Å². The maximum absolute atomic E-state index is 14.1. The predicted molar refractivity (Wildman–Crippen MR) is 175 cm³/mol. The Bertz CT molecular complexity index is 1260. The second-order valence-corrected chi connectivity index (χ2v) is 18.3. The van der Waals surface area contributed by atoms with Gasteiger partial charge in [-0.2, -0.15) is 0 Å². The second-order valence-electron chi connectivity index (χ2n) is 18.3. The maximum Gasteiger partial charge on any atom is 0.317 e. The second kappa shape index (κ2) is 12.3. The van der Waals surface area contributed by atoms with E-state index in [1.807, 2.05) is 13.8 Å². The Kier molecular flexibility index (Phi) is 9.50. The summed E-state index contributed by atoms with van der Waals surface area (Å²) in [6.45, 7) is 11.3. The van der Waals surface area contributed by atoms with Gasteiger partial charge in [0, 0.05) is 11.8 Å². The fraction of sp³-hybridized carbons (Fsp3) is 0.973. The predicted octanol–water partition coefficient (Wildman–Crippen LogP) is 0.847. The van der Waals surface area contributed by atoms with Gasteiger partial charge in [0.05, 0.1) is 42.5 Å². The third-order valence-electron chi connectivity index (χ3n) is 16.4. The van der Waals surface area contributed by atoms with E-state index in [4.69, 9.17) is 9.47 Å². The average Bonchev–Trinajstić information content (AvgIpc) is 3.69. The summed E-state index contributed by atoms with van der Waals surface area (Å²) in [6, 6.07) is 0. The van der Waals surface area contributed by atoms with Crippen molar-refractivity contribution in [2.24, 2.45) is 56.7 Å². The molecule has 0 bridgehead atoms. The number of carbonyl (C=O) groups excluding carboxylic acids is 1. The highest BCUT2D eigenvalue weighted by molar-refractivity contribution is 5.78. The zero-order valence-corrected chi connectivity index (χ0v) is 30.0. The van der Waals surface area contributed by atoms with Crippen molar-refractivity contribution < 1.29 is 60.2 Å². The lowest BCUT2D eigenvalue weighted by molar-refractivity contribution is -0.300. The molecule has 2 spiro atoms. The first-order valence-corrected chi connectivity index (χ1v) is 18.6. The summed E-state index contributed by atoms with van der Waals surface area (Å²) in [7, 11) is 0. The Hall–Kier alpha value is -0.930. The van der Waals surface area contributed by atoms with Crippen LogP contribution in [0.4, 0.5) is 0 Å². The van der Waals surface area contributed by atoms with Gasteiger partial charge in [0.25, 0.3) is 0 Å². The van der Waals surface area contributed by atoms with Crippen LogP contribution in [0, 0.1) is 56.7 Å². The third kappa shape index (κ3) is 4.94. The summed E-state index contributed by atoms with van der Waals surface area (Å²) < 4.78 is 11.2. The summed E-state index contributed by atoms with van der Waals surface area (Å²) in [5.74, 6) is -1.09. The van der Waals surface area contributed by atoms with E-state index < -0.39 is 83.9 Å². The quantitative estimate of drug-likeness (QED) is 0.153. The van der Waals surface area contributed by atoms with Gasteiger partial charge in [-0.3, -0.25) is 4.79 Å². The van der Waals surface area contributed by atoms with E-state index in [2.05, 4.69) is 20.8 Å². The standard InChI is InChI=1S/C37H62O12/c1-18(2)36(47,17-39)10-9-19(3)26-20(40)14-33(5)22-7-8-23-34(6,31(46)49-30-29(45)28(44)27(43)21(15-38)48-30)24(41)13-25(42)37(23)16-35(22,37)12-11-32(26,33)4/h18-30,38-45,47H,7-17H2,1-6H3/t19-,20-,21-,22+,23+,24+,25+,26+,27-,28+,29-,30+,32-,33+,34+,35+,36-,37-/m1/s1. The minimum Gasteiger partial charge on any atom is -0.432 e. The number of ether oxygens (including phenoxy) is 2. The molecule has 5 saturated carbocycles. The zero-order chi connectivity index (χ0) is 36.3. The van der Waals surface area contributed by atoms with Gasteiger partial charge in [-0.1, -0.05) is 34.6 Å². The lowest BCUT2D eigenvalue weighted by atomic mass is 9.41. The molecule has 0 amide bonds. The summed E-state index contributed by atoms with van der Waals surface area (Å²) >= 11 is 0. The van der Waals surface area contributed by atoms with Crippen molar-refractivity contribution in [3.63, 3.8) is 0 Å². The summed E-state index contributed by atoms with van der Waals surface area (Å²) in [5.41, 5.74) is -4.03. The smallest absolute Gasteiger partial charge is 0.317 e. The molecule has 6 fully saturated rings. The Balaban J connectivity index is 1.26. The van der Waals surface area contributed by atoms with Crippen molar-refractivity contribution in [1.29, 1.82) is 0 Å². The van der Waals surface area contributed by atoms with Crippen molar-refractivity contribution in [2.75, 3.05) is 13.2 Å². The number of carbonyl (C=O) groups is 1. The SMILES string of the molecule is CC(C)[C@](O)(CO)CC[C@@H](C)[C@H]1[C@H](O)C[C@@]2(C)[C@@H]3CC[C@H]4[C@](C)(C(=O)O[C@@H]5O[C@H](CO)[C@@H](O)[C@H](O)[C@H]5O)[C@@H](O)C[C@H](O)[C@@]45C[C@@]35CC[C@]12C. The lowest BCUT2D eigenvalue weighted by Gasteiger charge is -2.63. The molecule has 282 valence electrons. The molecule has 0 unspecified atom stereocenters. The van der Waals surface area contributed by atoms with E-state index in [9.17, 15) is 50.8 Å². The molecule has 1 saturated heterocycles. The molecule has 0 aromatic rings. The number of esters is 1. The van der Waals surface area contributed by atoms with Crippen molar-refractivity contribution >= 4 is 5.97 Å². The number of fused-ring (bicyclic) bond motifs is 2. The first kappa shape index (κ1) is 37.8. The van der Waals surface area contributed by atoms with Gasteiger partial charge in [0.2, 0.25) is 6.29 Å². The number of aliphatic hydroxyl groups excluding tert-OH is 8. The van der Waals surface area contributed by atoms with Crippen LogP contribution in [0.15, 0.2) is 0 Å². The normalized spacial score (nSPS) is 53.8. The van der Waals surface area contributed by atoms with Crippen molar-refractivity contribution in [3.05, 3.63) is 0 Å². The van der Waals surface area contributed by atoms with E-state index in [1.165, 1.54) is 0 Å². The van der Waals surface area contributed by atoms with Crippen LogP contribution in [-0.4, -0.2) is 120 Å². The fourth-order valence-corrected chi connectivity index (χ4v) is 13.1. The Morgan fingerprint density at radius 1 is 0.898 bits per heavy atom. The highest BCUT2D eigenvalue weighted by Crippen LogP contribution is 2.89. The molecule has 18 atom stereocenters. The van der Waals surface area contributed by atoms with Gasteiger partial charge < -0.3 is 55.4 Å². The summed E-state index contributed by atoms with van der Waals surface area (Å²) in [5, 5.41) is 96.9. The van der Waals surface area contributed by atoms with Crippen LogP contribution in [0.2, 0.25) is 0 Å². The highest BCUT2D eigenvalue weighted by Gasteiger charge is 2.86. The van der Waals surface area contributed by atoms with Gasteiger partial charge in [-0.15, -0.1) is 0 Å². The zero-order valence-electron chi connectivity index (χ0n) is 30.0. The maximum atomic E-state index is 14.1. The Morgan fingerprint density at radius 2 is 1.55 bits per heavy atom. The Labute approximate surface area is 289 Å². The first-order valence-electron chi connectivity index (χ1n) is 18.6. The highest BCUT2D eigenvalue weighted by atomic mass is 16.7. The largest absolute Gasteiger partial charge is 0.432 e. The van der Waals surface area contributed by atoms with E-state index in [-0.39, 0.29) is 52.9 Å². The summed E-state index contributed by atoms with van der Waals surface area (Å²) in [6.07, 6.45) is -5.28. The van der Waals surface area contributed by atoms with Gasteiger partial charge in [0.15, 0.2) is 0 Å². The molecular formula is C37H62O12. The van der Waals surface area contributed by atoms with E-state index in [0.29, 0.717) is 32.1 Å². The number of hydrogen-bond donors (Lipinski definition) is 9. The van der Waals surface area contributed by atoms with Gasteiger partial charge >= 0.3 is 5.97 Å². The molecule has 0 aromatic carbocycles. The lowest BCUT2D eigenvalue weighted by Crippen LogP contribution is -2.65. The van der Waals surface area contributed by atoms with Crippen molar-refractivity contribution in [1.82, 2.24) is 0 Å². The molecule has 6 rings (SSSR count). The van der Waals surface area contributed by atoms with Gasteiger partial charge in [-0.25, -0.2) is 0 Å². The van der Waals surface area contributed by atoms with Gasteiger partial charge in [-0.05, 0) is 104 Å². The van der Waals surface area contributed by atoms with E-state index in [1.54, 1.807) is 6.92 Å². The van der Waals surface area contributed by atoms with Crippen molar-refractivity contribution in [3.8, 4) is 0 Å². The van der Waals surface area contributed by atoms with E-state index >= 15 is 0 Å². The average molecular weight is 699 g/mol. The molecule has 1 aliphatic heterocycles. The fourth-order valence-electron chi connectivity index (χ4n) is 13.1. The Morgan fingerprint density at radius 3 is 2.16 bits per heavy atom. The number of rotatable bonds is 9. The van der Waals surface area contributed by atoms with Crippen LogP contribution in [0.25, 0.3) is 0 Å². The first-order chi connectivity index (χ1) is 22.8. The number of aliphatic hydroxyl groups is 9. The third-order valence-corrected chi connectivity index (χ3v) is 16.4. The molecule has 12 heteroatoms. The topological polar surface area (TPSA) is 218 Å². The molecule has 0 aromatic heterocycles. The molecule has 0 radical (unpaired) electrons. The molecule has 6 aliphatic rings. The molecule has 12 nitrogen and oxygen atoms in total. The summed E-state index contributed by atoms with van der Waals surface area (Å²) in [4.78, 5) is 14.1. The number of hydrogen-bond acceptors (Lipinski definition) is 12. The monoisotopic (exact) mass is 698 g/mol. The molecule has 1 heterocycles. The minimum absolute atomic E-state index is 0.00531. The minimum atomic E-state index is -1.77. The van der Waals surface area contributed by atoms with E-state index in [0.717, 1.165) is 19.3 Å². The molecule has 9 N–H and O–H groups in total. The van der Waals surface area contributed by atoms with Crippen LogP contribution >= 0.6 is 0 Å². The van der Waals surface area contributed by atoms with Gasteiger partial charge in [0.1, 0.15) is 24.4 Å². The molecule has 49 heavy (non-hydrogen) atoms. The van der Waals surface area contributed by atoms with Crippen molar-refractivity contribution in [2.45, 2.75) is 154 Å². The van der Waals surface area contributed by atoms with Crippen LogP contribution in [0.5, 0.6) is 0 Å². The molecule has 5 aliphatic carbocycles. The molecular weight excluding hydrogens is 636 g/mol. The van der Waals surface area contributed by atoms with Crippen LogP contribution in [-0.2, 0) is 14.3 Å². The van der Waals surface area contributed by atoms with Crippen LogP contribution in [0.1, 0.15) is 99.3 Å².